The Bertz CT molecular complexity index is 1390. The second-order valence-electron chi connectivity index (χ2n) is 11.2. The third-order valence-electron chi connectivity index (χ3n) is 8.41. The number of benzene rings is 2. The largest absolute Gasteiger partial charge is 0.477 e. The van der Waals surface area contributed by atoms with Crippen molar-refractivity contribution in [3.05, 3.63) is 82.7 Å². The highest BCUT2D eigenvalue weighted by molar-refractivity contribution is 6.34. The number of piperidine rings is 1. The van der Waals surface area contributed by atoms with Crippen LogP contribution in [0.25, 0.3) is 0 Å². The van der Waals surface area contributed by atoms with E-state index in [1.54, 1.807) is 23.1 Å². The van der Waals surface area contributed by atoms with E-state index in [1.807, 2.05) is 43.3 Å². The fraction of sp³-hybridized carbons (Fsp3) is 0.406. The Labute approximate surface area is 239 Å². The maximum atomic E-state index is 13.8. The molecule has 0 aromatic heterocycles. The number of fused-ring (bicyclic) bond motifs is 1. The molecule has 2 aromatic carbocycles. The van der Waals surface area contributed by atoms with Crippen LogP contribution < -0.4 is 9.64 Å². The molecule has 0 N–H and O–H groups in total. The monoisotopic (exact) mass is 561 g/mol. The lowest BCUT2D eigenvalue weighted by Crippen LogP contribution is -2.53. The summed E-state index contributed by atoms with van der Waals surface area (Å²) >= 11 is 6.44. The van der Waals surface area contributed by atoms with E-state index in [9.17, 15) is 19.2 Å². The van der Waals surface area contributed by atoms with Gasteiger partial charge in [0.15, 0.2) is 11.9 Å². The summed E-state index contributed by atoms with van der Waals surface area (Å²) in [6, 6.07) is 15.8. The summed E-state index contributed by atoms with van der Waals surface area (Å²) in [5.41, 5.74) is 1.61. The van der Waals surface area contributed by atoms with Crippen molar-refractivity contribution in [2.45, 2.75) is 45.8 Å². The first kappa shape index (κ1) is 27.9. The topological polar surface area (TPSA) is 73.6 Å². The summed E-state index contributed by atoms with van der Waals surface area (Å²) in [6.45, 7) is 5.21. The average Bonchev–Trinajstić information content (AvgIpc) is 2.95. The number of Topliss-reactive ketones (excluding diaryl/α,β-unsaturated/α-hetero) is 1. The number of likely N-dealkylation sites (tertiary alicyclic amines) is 1. The number of hydrogen-bond donors (Lipinski definition) is 0. The third-order valence-corrected chi connectivity index (χ3v) is 8.72. The number of ketones is 1. The van der Waals surface area contributed by atoms with Crippen molar-refractivity contribution < 1.29 is 18.7 Å². The molecule has 208 valence electrons. The zero-order valence-electron chi connectivity index (χ0n) is 22.8. The summed E-state index contributed by atoms with van der Waals surface area (Å²) in [6.07, 6.45) is 5.95. The number of nitrogens with zero attached hydrogens (tertiary/aromatic N) is 3. The second kappa shape index (κ2) is 11.5. The van der Waals surface area contributed by atoms with Gasteiger partial charge in [0, 0.05) is 25.2 Å². The summed E-state index contributed by atoms with van der Waals surface area (Å²) in [4.78, 5) is 29.8. The van der Waals surface area contributed by atoms with Crippen molar-refractivity contribution in [3.8, 4) is 11.8 Å². The van der Waals surface area contributed by atoms with Gasteiger partial charge >= 0.3 is 0 Å². The van der Waals surface area contributed by atoms with Gasteiger partial charge in [0.2, 0.25) is 0 Å². The zero-order valence-corrected chi connectivity index (χ0v) is 23.5. The number of carbonyl (C=O) groups excluding carboxylic acids is 2. The summed E-state index contributed by atoms with van der Waals surface area (Å²) in [7, 11) is 0. The van der Waals surface area contributed by atoms with Crippen molar-refractivity contribution in [3.63, 3.8) is 0 Å². The minimum Gasteiger partial charge on any atom is -0.477 e. The average molecular weight is 562 g/mol. The molecular weight excluding hydrogens is 529 g/mol. The number of anilines is 1. The van der Waals surface area contributed by atoms with E-state index in [4.69, 9.17) is 16.3 Å². The molecule has 0 spiro atoms. The van der Waals surface area contributed by atoms with Crippen molar-refractivity contribution in [1.29, 1.82) is 5.26 Å². The summed E-state index contributed by atoms with van der Waals surface area (Å²) in [5.74, 6) is 0.0253. The number of amides is 1. The molecule has 40 heavy (non-hydrogen) atoms. The van der Waals surface area contributed by atoms with Gasteiger partial charge in [-0.3, -0.25) is 9.59 Å². The molecular formula is C32H33ClFN3O3. The Morgan fingerprint density at radius 2 is 1.93 bits per heavy atom. The molecule has 5 rings (SSSR count). The first-order valence-electron chi connectivity index (χ1n) is 13.7. The van der Waals surface area contributed by atoms with E-state index in [0.717, 1.165) is 11.3 Å². The van der Waals surface area contributed by atoms with Crippen LogP contribution in [-0.2, 0) is 11.3 Å². The second-order valence-corrected chi connectivity index (χ2v) is 11.6. The highest BCUT2D eigenvalue weighted by atomic mass is 35.5. The van der Waals surface area contributed by atoms with E-state index in [0.29, 0.717) is 61.8 Å². The number of ether oxygens (including phenoxy) is 1. The Hall–Kier alpha value is -3.63. The normalized spacial score (nSPS) is 23.5. The summed E-state index contributed by atoms with van der Waals surface area (Å²) < 4.78 is 19.9. The van der Waals surface area contributed by atoms with Crippen molar-refractivity contribution >= 4 is 29.0 Å². The van der Waals surface area contributed by atoms with E-state index in [-0.39, 0.29) is 29.4 Å². The highest BCUT2D eigenvalue weighted by Crippen LogP contribution is 2.42. The van der Waals surface area contributed by atoms with Crippen LogP contribution >= 0.6 is 11.6 Å². The van der Waals surface area contributed by atoms with E-state index >= 15 is 0 Å². The van der Waals surface area contributed by atoms with Gasteiger partial charge < -0.3 is 14.5 Å². The lowest BCUT2D eigenvalue weighted by Gasteiger charge is -2.42. The summed E-state index contributed by atoms with van der Waals surface area (Å²) in [5, 5.41) is 10.5. The molecule has 0 bridgehead atoms. The molecule has 3 unspecified atom stereocenters. The molecule has 6 nitrogen and oxygen atoms in total. The van der Waals surface area contributed by atoms with Gasteiger partial charge in [-0.2, -0.15) is 5.26 Å². The van der Waals surface area contributed by atoms with Gasteiger partial charge in [0.05, 0.1) is 28.7 Å². The Balaban J connectivity index is 1.32. The molecule has 0 saturated carbocycles. The van der Waals surface area contributed by atoms with Gasteiger partial charge in [-0.05, 0) is 67.9 Å². The van der Waals surface area contributed by atoms with Gasteiger partial charge in [0.25, 0.3) is 5.91 Å². The Kier molecular flexibility index (Phi) is 8.00. The maximum Gasteiger partial charge on any atom is 0.265 e. The maximum absolute atomic E-state index is 13.8. The van der Waals surface area contributed by atoms with E-state index in [2.05, 4.69) is 11.0 Å². The molecule has 1 amide bonds. The van der Waals surface area contributed by atoms with Gasteiger partial charge in [-0.15, -0.1) is 0 Å². The Morgan fingerprint density at radius 1 is 1.20 bits per heavy atom. The fourth-order valence-electron chi connectivity index (χ4n) is 5.97. The minimum atomic E-state index is -0.763. The first-order valence-corrected chi connectivity index (χ1v) is 14.1. The zero-order chi connectivity index (χ0) is 28.4. The molecule has 2 aromatic rings. The van der Waals surface area contributed by atoms with E-state index in [1.165, 1.54) is 13.0 Å². The number of rotatable bonds is 6. The third kappa shape index (κ3) is 5.78. The molecule has 0 radical (unpaired) electrons. The molecule has 8 heteroatoms. The van der Waals surface area contributed by atoms with Crippen LogP contribution in [0.2, 0.25) is 5.02 Å². The molecule has 1 saturated heterocycles. The number of halogens is 2. The number of allylic oxidation sites excluding steroid dienone is 4. The van der Waals surface area contributed by atoms with Crippen molar-refractivity contribution in [1.82, 2.24) is 4.90 Å². The molecule has 2 heterocycles. The smallest absolute Gasteiger partial charge is 0.265 e. The SMILES string of the molecule is CC(=O)c1cc2c(cc1Cl)N(Cc1ccccc1)CC(C(=O)N1CCC(C#N)(CC3C=CC(F)=CC3C)CC1)O2. The van der Waals surface area contributed by atoms with Crippen LogP contribution in [0.1, 0.15) is 49.0 Å². The molecule has 3 aliphatic rings. The predicted octanol–water partition coefficient (Wildman–Crippen LogP) is 6.51. The molecule has 2 aliphatic heterocycles. The van der Waals surface area contributed by atoms with Crippen LogP contribution in [0.4, 0.5) is 10.1 Å². The standard InChI is InChI=1S/C32H33ClFN3O3/c1-21-14-25(34)9-8-24(21)17-32(20-35)10-12-36(13-11-32)31(39)30-19-37(18-23-6-4-3-5-7-23)28-16-27(33)26(22(2)38)15-29(28)40-30/h3-9,14-16,21,24,30H,10-13,17-19H2,1-2H3. The van der Waals surface area contributed by atoms with Crippen LogP contribution in [-0.4, -0.2) is 42.3 Å². The molecule has 3 atom stereocenters. The Morgan fingerprint density at radius 3 is 2.58 bits per heavy atom. The van der Waals surface area contributed by atoms with Crippen LogP contribution in [0.3, 0.4) is 0 Å². The minimum absolute atomic E-state index is 0.0228. The quantitative estimate of drug-likeness (QED) is 0.376. The number of nitriles is 1. The van der Waals surface area contributed by atoms with E-state index < -0.39 is 11.5 Å². The number of carbonyl (C=O) groups is 2. The lowest BCUT2D eigenvalue weighted by molar-refractivity contribution is -0.140. The van der Waals surface area contributed by atoms with Crippen LogP contribution in [0.15, 0.2) is 66.5 Å². The fourth-order valence-corrected chi connectivity index (χ4v) is 6.26. The lowest BCUT2D eigenvalue weighted by atomic mass is 9.70. The first-order chi connectivity index (χ1) is 19.2. The predicted molar refractivity (Wildman–Crippen MR) is 153 cm³/mol. The number of hydrogen-bond acceptors (Lipinski definition) is 5. The van der Waals surface area contributed by atoms with Gasteiger partial charge in [-0.25, -0.2) is 4.39 Å². The van der Waals surface area contributed by atoms with Gasteiger partial charge in [-0.1, -0.05) is 54.9 Å². The van der Waals surface area contributed by atoms with Crippen LogP contribution in [0.5, 0.6) is 5.75 Å². The molecule has 1 fully saturated rings. The van der Waals surface area contributed by atoms with Gasteiger partial charge in [0.1, 0.15) is 11.6 Å². The van der Waals surface area contributed by atoms with Crippen molar-refractivity contribution in [2.75, 3.05) is 24.5 Å². The van der Waals surface area contributed by atoms with Crippen LogP contribution in [0, 0.1) is 28.6 Å². The highest BCUT2D eigenvalue weighted by Gasteiger charge is 2.41. The van der Waals surface area contributed by atoms with Crippen molar-refractivity contribution in [2.24, 2.45) is 17.3 Å². The molecule has 1 aliphatic carbocycles.